The van der Waals surface area contributed by atoms with E-state index in [0.29, 0.717) is 5.56 Å². The number of hydrogen-bond acceptors (Lipinski definition) is 4. The molecule has 0 bridgehead atoms. The van der Waals surface area contributed by atoms with Crippen molar-refractivity contribution in [1.29, 1.82) is 0 Å². The first-order valence-electron chi connectivity index (χ1n) is 5.05. The molecule has 0 radical (unpaired) electrons. The van der Waals surface area contributed by atoms with Crippen molar-refractivity contribution in [3.05, 3.63) is 50.9 Å². The van der Waals surface area contributed by atoms with Gasteiger partial charge in [0.05, 0.1) is 10.5 Å². The highest BCUT2D eigenvalue weighted by molar-refractivity contribution is 7.13. The summed E-state index contributed by atoms with van der Waals surface area (Å²) in [4.78, 5) is 22.0. The van der Waals surface area contributed by atoms with Crippen LogP contribution in [0.15, 0.2) is 29.6 Å². The summed E-state index contributed by atoms with van der Waals surface area (Å²) in [6.07, 6.45) is 0. The van der Waals surface area contributed by atoms with E-state index >= 15 is 0 Å². The summed E-state index contributed by atoms with van der Waals surface area (Å²) in [5.41, 5.74) is 1.30. The largest absolute Gasteiger partial charge is 0.478 e. The highest BCUT2D eigenvalue weighted by Crippen LogP contribution is 2.30. The van der Waals surface area contributed by atoms with Crippen molar-refractivity contribution in [2.24, 2.45) is 0 Å². The smallest absolute Gasteiger partial charge is 0.335 e. The van der Waals surface area contributed by atoms with Crippen LogP contribution in [0.4, 0.5) is 5.69 Å². The van der Waals surface area contributed by atoms with E-state index in [4.69, 9.17) is 5.11 Å². The molecule has 0 saturated heterocycles. The van der Waals surface area contributed by atoms with E-state index in [2.05, 4.69) is 0 Å². The summed E-state index contributed by atoms with van der Waals surface area (Å²) in [5, 5.41) is 21.6. The minimum absolute atomic E-state index is 0.0785. The van der Waals surface area contributed by atoms with Gasteiger partial charge >= 0.3 is 5.97 Å². The topological polar surface area (TPSA) is 80.4 Å². The maximum atomic E-state index is 10.9. The molecule has 0 unspecified atom stereocenters. The van der Waals surface area contributed by atoms with E-state index in [-0.39, 0.29) is 11.3 Å². The van der Waals surface area contributed by atoms with Crippen LogP contribution in [0.2, 0.25) is 0 Å². The Bertz CT molecular complexity index is 601. The number of non-ortho nitro benzene ring substituents is 1. The highest BCUT2D eigenvalue weighted by Gasteiger charge is 2.15. The van der Waals surface area contributed by atoms with Gasteiger partial charge in [0.25, 0.3) is 5.69 Å². The van der Waals surface area contributed by atoms with Crippen LogP contribution in [0, 0.1) is 17.0 Å². The van der Waals surface area contributed by atoms with E-state index in [9.17, 15) is 14.9 Å². The Morgan fingerprint density at radius 1 is 1.33 bits per heavy atom. The number of benzene rings is 1. The number of aryl methyl sites for hydroxylation is 1. The number of thiophene rings is 1. The third-order valence-corrected chi connectivity index (χ3v) is 3.49. The second-order valence-corrected chi connectivity index (χ2v) is 4.73. The number of aromatic carboxylic acids is 1. The molecular formula is C12H9NO4S. The lowest BCUT2D eigenvalue weighted by Crippen LogP contribution is -1.98. The molecule has 0 aliphatic carbocycles. The van der Waals surface area contributed by atoms with Gasteiger partial charge in [0, 0.05) is 17.0 Å². The fourth-order valence-corrected chi connectivity index (χ4v) is 2.45. The Morgan fingerprint density at radius 2 is 2.06 bits per heavy atom. The molecule has 6 heteroatoms. The molecule has 92 valence electrons. The summed E-state index contributed by atoms with van der Waals surface area (Å²) in [6, 6.07) is 5.76. The number of rotatable bonds is 3. The molecular weight excluding hydrogens is 254 g/mol. The third kappa shape index (κ3) is 2.38. The Hall–Kier alpha value is -2.21. The summed E-state index contributed by atoms with van der Waals surface area (Å²) >= 11 is 1.43. The fourth-order valence-electron chi connectivity index (χ4n) is 1.56. The predicted molar refractivity (Wildman–Crippen MR) is 68.1 cm³/mol. The summed E-state index contributed by atoms with van der Waals surface area (Å²) in [5.74, 6) is -1.17. The van der Waals surface area contributed by atoms with Gasteiger partial charge in [-0.05, 0) is 35.6 Å². The van der Waals surface area contributed by atoms with Gasteiger partial charge in [0.1, 0.15) is 0 Å². The van der Waals surface area contributed by atoms with Gasteiger partial charge < -0.3 is 5.11 Å². The standard InChI is InChI=1S/C12H9NO4S/c1-7-2-11(18-6-7)8-3-9(12(14)15)5-10(4-8)13(16)17/h2-6H,1H3,(H,14,15). The SMILES string of the molecule is Cc1csc(-c2cc(C(=O)O)cc([N+](=O)[O-])c2)c1. The van der Waals surface area contributed by atoms with Crippen LogP contribution < -0.4 is 0 Å². The van der Waals surface area contributed by atoms with Gasteiger partial charge in [0.2, 0.25) is 0 Å². The number of carboxylic acid groups (broad SMARTS) is 1. The average Bonchev–Trinajstić information content (AvgIpc) is 2.75. The van der Waals surface area contributed by atoms with Gasteiger partial charge in [-0.15, -0.1) is 11.3 Å². The molecule has 1 aromatic carbocycles. The molecule has 0 saturated carbocycles. The lowest BCUT2D eigenvalue weighted by Gasteiger charge is -2.01. The van der Waals surface area contributed by atoms with Crippen molar-refractivity contribution in [2.45, 2.75) is 6.92 Å². The number of carboxylic acids is 1. The maximum absolute atomic E-state index is 10.9. The Kier molecular flexibility index (Phi) is 3.12. The minimum atomic E-state index is -1.17. The van der Waals surface area contributed by atoms with Gasteiger partial charge in [-0.2, -0.15) is 0 Å². The first-order chi connectivity index (χ1) is 8.47. The maximum Gasteiger partial charge on any atom is 0.335 e. The molecule has 0 atom stereocenters. The minimum Gasteiger partial charge on any atom is -0.478 e. The molecule has 2 rings (SSSR count). The quantitative estimate of drug-likeness (QED) is 0.680. The van der Waals surface area contributed by atoms with E-state index in [1.54, 1.807) is 0 Å². The van der Waals surface area contributed by atoms with Gasteiger partial charge in [-0.25, -0.2) is 4.79 Å². The molecule has 2 aromatic rings. The van der Waals surface area contributed by atoms with Crippen LogP contribution in [-0.4, -0.2) is 16.0 Å². The van der Waals surface area contributed by atoms with E-state index in [1.807, 2.05) is 18.4 Å². The Morgan fingerprint density at radius 3 is 2.56 bits per heavy atom. The number of nitro benzene ring substituents is 1. The van der Waals surface area contributed by atoms with E-state index < -0.39 is 10.9 Å². The molecule has 1 aromatic heterocycles. The van der Waals surface area contributed by atoms with Crippen LogP contribution >= 0.6 is 11.3 Å². The van der Waals surface area contributed by atoms with Crippen molar-refractivity contribution in [3.8, 4) is 10.4 Å². The summed E-state index contributed by atoms with van der Waals surface area (Å²) in [6.45, 7) is 1.91. The summed E-state index contributed by atoms with van der Waals surface area (Å²) < 4.78 is 0. The molecule has 0 fully saturated rings. The van der Waals surface area contributed by atoms with E-state index in [0.717, 1.165) is 16.5 Å². The molecule has 18 heavy (non-hydrogen) atoms. The zero-order valence-electron chi connectivity index (χ0n) is 9.41. The Balaban J connectivity index is 2.60. The fraction of sp³-hybridized carbons (Fsp3) is 0.0833. The molecule has 0 spiro atoms. The number of nitro groups is 1. The molecule has 5 nitrogen and oxygen atoms in total. The highest BCUT2D eigenvalue weighted by atomic mass is 32.1. The van der Waals surface area contributed by atoms with Crippen molar-refractivity contribution in [3.63, 3.8) is 0 Å². The Labute approximate surface area is 106 Å². The number of nitrogens with zero attached hydrogens (tertiary/aromatic N) is 1. The van der Waals surface area contributed by atoms with Crippen molar-refractivity contribution in [1.82, 2.24) is 0 Å². The second kappa shape index (κ2) is 4.58. The first-order valence-corrected chi connectivity index (χ1v) is 5.93. The normalized spacial score (nSPS) is 10.3. The van der Waals surface area contributed by atoms with Gasteiger partial charge in [-0.3, -0.25) is 10.1 Å². The van der Waals surface area contributed by atoms with Crippen LogP contribution in [-0.2, 0) is 0 Å². The lowest BCUT2D eigenvalue weighted by atomic mass is 10.1. The predicted octanol–water partition coefficient (Wildman–Crippen LogP) is 3.33. The average molecular weight is 263 g/mol. The van der Waals surface area contributed by atoms with Gasteiger partial charge in [0.15, 0.2) is 0 Å². The van der Waals surface area contributed by atoms with Crippen LogP contribution in [0.1, 0.15) is 15.9 Å². The van der Waals surface area contributed by atoms with Crippen molar-refractivity contribution >= 4 is 23.0 Å². The monoisotopic (exact) mass is 263 g/mol. The lowest BCUT2D eigenvalue weighted by molar-refractivity contribution is -0.384. The molecule has 0 aliphatic rings. The van der Waals surface area contributed by atoms with Gasteiger partial charge in [-0.1, -0.05) is 0 Å². The van der Waals surface area contributed by atoms with Crippen molar-refractivity contribution < 1.29 is 14.8 Å². The third-order valence-electron chi connectivity index (χ3n) is 2.39. The second-order valence-electron chi connectivity index (χ2n) is 3.82. The van der Waals surface area contributed by atoms with Crippen LogP contribution in [0.3, 0.4) is 0 Å². The van der Waals surface area contributed by atoms with Crippen LogP contribution in [0.25, 0.3) is 10.4 Å². The zero-order valence-corrected chi connectivity index (χ0v) is 10.2. The first kappa shape index (κ1) is 12.3. The molecule has 1 heterocycles. The van der Waals surface area contributed by atoms with Crippen molar-refractivity contribution in [2.75, 3.05) is 0 Å². The van der Waals surface area contributed by atoms with Crippen LogP contribution in [0.5, 0.6) is 0 Å². The number of hydrogen-bond donors (Lipinski definition) is 1. The molecule has 0 amide bonds. The molecule has 1 N–H and O–H groups in total. The van der Waals surface area contributed by atoms with E-state index in [1.165, 1.54) is 23.5 Å². The molecule has 0 aliphatic heterocycles. The number of carbonyl (C=O) groups is 1. The summed E-state index contributed by atoms with van der Waals surface area (Å²) in [7, 11) is 0. The zero-order chi connectivity index (χ0) is 13.3.